The van der Waals surface area contributed by atoms with E-state index in [1.54, 1.807) is 39.8 Å². The molecule has 1 aromatic rings. The van der Waals surface area contributed by atoms with Gasteiger partial charge in [0.05, 0.1) is 49.5 Å². The molecule has 1 N–H and O–H groups in total. The molecule has 0 saturated carbocycles. The van der Waals surface area contributed by atoms with Crippen LogP contribution < -0.4 is 14.8 Å². The molecule has 0 bridgehead atoms. The molecule has 0 radical (unpaired) electrons. The molecule has 0 atom stereocenters. The number of hydrogen-bond donors (Lipinski definition) is 1. The molecule has 0 saturated heterocycles. The summed E-state index contributed by atoms with van der Waals surface area (Å²) in [6, 6.07) is 3.34. The van der Waals surface area contributed by atoms with E-state index >= 15 is 0 Å². The van der Waals surface area contributed by atoms with Crippen LogP contribution in [-0.4, -0.2) is 39.4 Å². The Bertz CT molecular complexity index is 834. The van der Waals surface area contributed by atoms with Crippen molar-refractivity contribution < 1.29 is 28.5 Å². The molecule has 0 aliphatic carbocycles. The number of rotatable bonds is 7. The van der Waals surface area contributed by atoms with Gasteiger partial charge >= 0.3 is 11.9 Å². The van der Waals surface area contributed by atoms with E-state index < -0.39 is 17.9 Å². The van der Waals surface area contributed by atoms with E-state index in [1.165, 1.54) is 14.2 Å². The molecular formula is C21H26ClNO6. The van der Waals surface area contributed by atoms with Crippen LogP contribution in [0.2, 0.25) is 5.02 Å². The molecule has 2 rings (SSSR count). The first-order valence-corrected chi connectivity index (χ1v) is 9.62. The van der Waals surface area contributed by atoms with Gasteiger partial charge < -0.3 is 24.3 Å². The highest BCUT2D eigenvalue weighted by Gasteiger charge is 2.38. The summed E-state index contributed by atoms with van der Waals surface area (Å²) in [5, 5.41) is 3.39. The van der Waals surface area contributed by atoms with Crippen molar-refractivity contribution >= 4 is 23.5 Å². The summed E-state index contributed by atoms with van der Waals surface area (Å²) in [7, 11) is 2.97. The highest BCUT2D eigenvalue weighted by molar-refractivity contribution is 6.32. The lowest BCUT2D eigenvalue weighted by Crippen LogP contribution is -2.32. The third kappa shape index (κ3) is 4.50. The maximum Gasteiger partial charge on any atom is 0.336 e. The summed E-state index contributed by atoms with van der Waals surface area (Å²) < 4.78 is 21.2. The van der Waals surface area contributed by atoms with E-state index in [1.807, 2.05) is 0 Å². The van der Waals surface area contributed by atoms with Crippen LogP contribution in [0.25, 0.3) is 0 Å². The van der Waals surface area contributed by atoms with E-state index in [-0.39, 0.29) is 13.2 Å². The number of nitrogens with one attached hydrogen (secondary N) is 1. The Labute approximate surface area is 175 Å². The Morgan fingerprint density at radius 1 is 0.966 bits per heavy atom. The van der Waals surface area contributed by atoms with Crippen molar-refractivity contribution in [2.75, 3.05) is 27.4 Å². The van der Waals surface area contributed by atoms with Crippen molar-refractivity contribution in [3.63, 3.8) is 0 Å². The Morgan fingerprint density at radius 2 is 1.48 bits per heavy atom. The Kier molecular flexibility index (Phi) is 7.56. The number of benzene rings is 1. The van der Waals surface area contributed by atoms with Crippen LogP contribution in [0.4, 0.5) is 0 Å². The highest BCUT2D eigenvalue weighted by atomic mass is 35.5. The van der Waals surface area contributed by atoms with Gasteiger partial charge in [-0.15, -0.1) is 0 Å². The summed E-state index contributed by atoms with van der Waals surface area (Å²) in [5.41, 5.74) is 2.38. The summed E-state index contributed by atoms with van der Waals surface area (Å²) in [6.45, 7) is 7.36. The third-order valence-electron chi connectivity index (χ3n) is 4.54. The smallest absolute Gasteiger partial charge is 0.336 e. The van der Waals surface area contributed by atoms with Gasteiger partial charge in [-0.25, -0.2) is 9.59 Å². The van der Waals surface area contributed by atoms with Gasteiger partial charge in [0.2, 0.25) is 0 Å². The van der Waals surface area contributed by atoms with Gasteiger partial charge in [0, 0.05) is 11.4 Å². The molecule has 0 unspecified atom stereocenters. The lowest BCUT2D eigenvalue weighted by molar-refractivity contribution is -0.139. The molecule has 29 heavy (non-hydrogen) atoms. The van der Waals surface area contributed by atoms with Gasteiger partial charge in [-0.05, 0) is 45.4 Å². The normalized spacial score (nSPS) is 14.4. The van der Waals surface area contributed by atoms with Crippen LogP contribution in [0.15, 0.2) is 34.7 Å². The Balaban J connectivity index is 2.76. The van der Waals surface area contributed by atoms with Crippen molar-refractivity contribution in [1.82, 2.24) is 5.32 Å². The Morgan fingerprint density at radius 3 is 1.90 bits per heavy atom. The van der Waals surface area contributed by atoms with Crippen LogP contribution in [0.1, 0.15) is 39.2 Å². The van der Waals surface area contributed by atoms with Crippen molar-refractivity contribution in [2.45, 2.75) is 33.6 Å². The largest absolute Gasteiger partial charge is 0.493 e. The van der Waals surface area contributed by atoms with Crippen molar-refractivity contribution in [2.24, 2.45) is 0 Å². The number of halogens is 1. The monoisotopic (exact) mass is 423 g/mol. The van der Waals surface area contributed by atoms with E-state index in [4.69, 9.17) is 30.5 Å². The molecule has 8 heteroatoms. The van der Waals surface area contributed by atoms with Gasteiger partial charge in [0.25, 0.3) is 0 Å². The molecule has 158 valence electrons. The quantitative estimate of drug-likeness (QED) is 0.669. The molecule has 0 aromatic heterocycles. The van der Waals surface area contributed by atoms with Crippen molar-refractivity contribution in [3.05, 3.63) is 45.3 Å². The SMILES string of the molecule is CCOC(=O)C1=C(C)NC(C)=C(C(=O)OCC)C1c1cc(Cl)c(OC)c(OC)c1. The average Bonchev–Trinajstić information content (AvgIpc) is 2.66. The van der Waals surface area contributed by atoms with Gasteiger partial charge in [-0.1, -0.05) is 11.6 Å². The molecule has 1 heterocycles. The maximum atomic E-state index is 12.8. The molecular weight excluding hydrogens is 398 g/mol. The number of hydrogen-bond acceptors (Lipinski definition) is 7. The first kappa shape index (κ1) is 22.6. The number of ether oxygens (including phenoxy) is 4. The highest BCUT2D eigenvalue weighted by Crippen LogP contribution is 2.44. The first-order valence-electron chi connectivity index (χ1n) is 9.24. The molecule has 1 aliphatic heterocycles. The molecule has 0 fully saturated rings. The fraction of sp³-hybridized carbons (Fsp3) is 0.429. The Hall–Kier alpha value is -2.67. The predicted octanol–water partition coefficient (Wildman–Crippen LogP) is 3.72. The molecule has 7 nitrogen and oxygen atoms in total. The van der Waals surface area contributed by atoms with Gasteiger partial charge in [-0.2, -0.15) is 0 Å². The number of dihydropyridines is 1. The summed E-state index contributed by atoms with van der Waals surface area (Å²) >= 11 is 6.40. The zero-order valence-electron chi connectivity index (χ0n) is 17.5. The van der Waals surface area contributed by atoms with Crippen LogP contribution >= 0.6 is 11.6 Å². The van der Waals surface area contributed by atoms with E-state index in [0.29, 0.717) is 44.6 Å². The lowest BCUT2D eigenvalue weighted by atomic mass is 9.80. The van der Waals surface area contributed by atoms with Gasteiger partial charge in [-0.3, -0.25) is 0 Å². The molecule has 0 spiro atoms. The molecule has 0 amide bonds. The second kappa shape index (κ2) is 9.69. The minimum Gasteiger partial charge on any atom is -0.493 e. The summed E-state index contributed by atoms with van der Waals surface area (Å²) in [4.78, 5) is 25.6. The predicted molar refractivity (Wildman–Crippen MR) is 109 cm³/mol. The average molecular weight is 424 g/mol. The van der Waals surface area contributed by atoms with E-state index in [2.05, 4.69) is 5.32 Å². The zero-order valence-corrected chi connectivity index (χ0v) is 18.2. The summed E-state index contributed by atoms with van der Waals surface area (Å²) in [6.07, 6.45) is 0. The first-order chi connectivity index (χ1) is 13.8. The number of esters is 2. The van der Waals surface area contributed by atoms with E-state index in [9.17, 15) is 9.59 Å². The fourth-order valence-electron chi connectivity index (χ4n) is 3.39. The number of allylic oxidation sites excluding steroid dienone is 2. The maximum absolute atomic E-state index is 12.8. The second-order valence-corrected chi connectivity index (χ2v) is 6.72. The van der Waals surface area contributed by atoms with Crippen LogP contribution in [0, 0.1) is 0 Å². The van der Waals surface area contributed by atoms with Crippen molar-refractivity contribution in [1.29, 1.82) is 0 Å². The zero-order chi connectivity index (χ0) is 21.7. The fourth-order valence-corrected chi connectivity index (χ4v) is 3.69. The van der Waals surface area contributed by atoms with Crippen molar-refractivity contribution in [3.8, 4) is 11.5 Å². The third-order valence-corrected chi connectivity index (χ3v) is 4.82. The van der Waals surface area contributed by atoms with Gasteiger partial charge in [0.1, 0.15) is 0 Å². The molecule has 1 aliphatic rings. The van der Waals surface area contributed by atoms with Crippen LogP contribution in [0.3, 0.4) is 0 Å². The van der Waals surface area contributed by atoms with E-state index in [0.717, 1.165) is 0 Å². The van der Waals surface area contributed by atoms with Crippen LogP contribution in [0.5, 0.6) is 11.5 Å². The standard InChI is InChI=1S/C21H26ClNO6/c1-7-28-20(24)16-11(3)23-12(4)17(21(25)29-8-2)18(16)13-9-14(22)19(27-6)15(10-13)26-5/h9-10,18,23H,7-8H2,1-6H3. The minimum absolute atomic E-state index is 0.201. The minimum atomic E-state index is -0.744. The summed E-state index contributed by atoms with van der Waals surface area (Å²) in [5.74, 6) is -1.05. The van der Waals surface area contributed by atoms with Crippen LogP contribution in [-0.2, 0) is 19.1 Å². The van der Waals surface area contributed by atoms with Gasteiger partial charge in [0.15, 0.2) is 11.5 Å². The molecule has 1 aromatic carbocycles. The topological polar surface area (TPSA) is 83.1 Å². The number of methoxy groups -OCH3 is 2. The number of carbonyl (C=O) groups is 2. The lowest BCUT2D eigenvalue weighted by Gasteiger charge is -2.30. The second-order valence-electron chi connectivity index (χ2n) is 6.31. The number of carbonyl (C=O) groups excluding carboxylic acids is 2.